The molecule has 0 saturated carbocycles. The van der Waals surface area contributed by atoms with Crippen LogP contribution in [0, 0.1) is 0 Å². The van der Waals surface area contributed by atoms with Gasteiger partial charge in [-0.25, -0.2) is 4.98 Å². The molecule has 1 aliphatic rings. The summed E-state index contributed by atoms with van der Waals surface area (Å²) in [6.45, 7) is 1.76. The van der Waals surface area contributed by atoms with E-state index in [0.717, 1.165) is 6.07 Å². The molecule has 2 rings (SSSR count). The van der Waals surface area contributed by atoms with Crippen molar-refractivity contribution in [3.8, 4) is 5.88 Å². The minimum Gasteiger partial charge on any atom is -0.475 e. The van der Waals surface area contributed by atoms with Crippen molar-refractivity contribution in [3.63, 3.8) is 0 Å². The summed E-state index contributed by atoms with van der Waals surface area (Å²) in [7, 11) is 0. The number of pyridine rings is 1. The summed E-state index contributed by atoms with van der Waals surface area (Å²) in [5.74, 6) is -0.406. The van der Waals surface area contributed by atoms with Gasteiger partial charge in [0.05, 0.1) is 18.7 Å². The summed E-state index contributed by atoms with van der Waals surface area (Å²) in [4.78, 5) is 15.3. The Kier molecular flexibility index (Phi) is 6.03. The molecular formula is C13H15ClF3N3O3. The summed E-state index contributed by atoms with van der Waals surface area (Å²) >= 11 is 5.70. The molecule has 0 aromatic carbocycles. The molecule has 10 heteroatoms. The molecule has 1 aliphatic heterocycles. The highest BCUT2D eigenvalue weighted by atomic mass is 35.5. The molecule has 2 N–H and O–H groups in total. The Bertz CT molecular complexity index is 551. The number of halogens is 4. The molecule has 1 aromatic rings. The molecule has 1 amide bonds. The molecule has 1 aromatic heterocycles. The number of morpholine rings is 1. The van der Waals surface area contributed by atoms with Crippen molar-refractivity contribution >= 4 is 17.5 Å². The van der Waals surface area contributed by atoms with Crippen molar-refractivity contribution in [1.29, 1.82) is 0 Å². The first kappa shape index (κ1) is 17.8. The number of aromatic nitrogens is 1. The van der Waals surface area contributed by atoms with Gasteiger partial charge in [0.15, 0.2) is 0 Å². The Morgan fingerprint density at radius 1 is 1.57 bits per heavy atom. The number of amides is 1. The van der Waals surface area contributed by atoms with E-state index in [4.69, 9.17) is 21.1 Å². The van der Waals surface area contributed by atoms with Gasteiger partial charge in [-0.05, 0) is 6.07 Å². The fourth-order valence-electron chi connectivity index (χ4n) is 1.86. The van der Waals surface area contributed by atoms with Gasteiger partial charge in [-0.3, -0.25) is 4.79 Å². The number of hydrogen-bond acceptors (Lipinski definition) is 5. The number of ether oxygens (including phenoxy) is 2. The summed E-state index contributed by atoms with van der Waals surface area (Å²) in [6.07, 6.45) is -4.44. The van der Waals surface area contributed by atoms with E-state index < -0.39 is 17.8 Å². The average Bonchev–Trinajstić information content (AvgIpc) is 2.52. The fraction of sp³-hybridized carbons (Fsp3) is 0.538. The van der Waals surface area contributed by atoms with Crippen LogP contribution in [-0.2, 0) is 15.7 Å². The van der Waals surface area contributed by atoms with E-state index in [1.807, 2.05) is 0 Å². The number of alkyl halides is 3. The van der Waals surface area contributed by atoms with Gasteiger partial charge >= 0.3 is 6.18 Å². The molecule has 0 spiro atoms. The van der Waals surface area contributed by atoms with Crippen LogP contribution in [0.3, 0.4) is 0 Å². The number of carbonyl (C=O) groups excluding carboxylic acids is 1. The van der Waals surface area contributed by atoms with Gasteiger partial charge in [0.2, 0.25) is 5.88 Å². The fourth-order valence-corrected chi connectivity index (χ4v) is 2.08. The van der Waals surface area contributed by atoms with Crippen LogP contribution in [0.25, 0.3) is 0 Å². The molecule has 0 radical (unpaired) electrons. The highest BCUT2D eigenvalue weighted by Crippen LogP contribution is 2.32. The quantitative estimate of drug-likeness (QED) is 0.779. The zero-order valence-electron chi connectivity index (χ0n) is 12.0. The molecule has 1 unspecified atom stereocenters. The largest absolute Gasteiger partial charge is 0.475 e. The molecule has 1 saturated heterocycles. The van der Waals surface area contributed by atoms with E-state index in [0.29, 0.717) is 25.9 Å². The molecule has 6 nitrogen and oxygen atoms in total. The molecule has 0 bridgehead atoms. The third-order valence-electron chi connectivity index (χ3n) is 2.99. The lowest BCUT2D eigenvalue weighted by molar-refractivity contribution is -0.138. The molecule has 1 fully saturated rings. The topological polar surface area (TPSA) is 72.5 Å². The van der Waals surface area contributed by atoms with Gasteiger partial charge in [0, 0.05) is 19.3 Å². The SMILES string of the molecule is O=C(NCCOc1ncc(C(F)(F)F)cc1Cl)C1CNCCO1. The van der Waals surface area contributed by atoms with Crippen LogP contribution in [0.5, 0.6) is 5.88 Å². The Balaban J connectivity index is 1.77. The molecule has 128 valence electrons. The molecule has 2 heterocycles. The third kappa shape index (κ3) is 5.22. The van der Waals surface area contributed by atoms with Crippen molar-refractivity contribution in [3.05, 3.63) is 22.8 Å². The summed E-state index contributed by atoms with van der Waals surface area (Å²) in [5.41, 5.74) is -0.954. The van der Waals surface area contributed by atoms with Gasteiger partial charge in [0.1, 0.15) is 17.7 Å². The van der Waals surface area contributed by atoms with Crippen molar-refractivity contribution < 1.29 is 27.4 Å². The maximum atomic E-state index is 12.5. The smallest absolute Gasteiger partial charge is 0.417 e. The van der Waals surface area contributed by atoms with E-state index in [1.165, 1.54) is 0 Å². The van der Waals surface area contributed by atoms with Crippen LogP contribution >= 0.6 is 11.6 Å². The van der Waals surface area contributed by atoms with Gasteiger partial charge in [-0.1, -0.05) is 11.6 Å². The van der Waals surface area contributed by atoms with E-state index in [2.05, 4.69) is 15.6 Å². The highest BCUT2D eigenvalue weighted by molar-refractivity contribution is 6.31. The Hall–Kier alpha value is -1.58. The van der Waals surface area contributed by atoms with Crippen LogP contribution in [0.2, 0.25) is 5.02 Å². The third-order valence-corrected chi connectivity index (χ3v) is 3.27. The standard InChI is InChI=1S/C13H15ClF3N3O3/c14-9-5-8(13(15,16)17)6-20-12(9)23-4-2-19-11(21)10-7-18-1-3-22-10/h5-6,10,18H,1-4,7H2,(H,19,21). The maximum Gasteiger partial charge on any atom is 0.417 e. The van der Waals surface area contributed by atoms with E-state index in [9.17, 15) is 18.0 Å². The second-order valence-electron chi connectivity index (χ2n) is 4.71. The van der Waals surface area contributed by atoms with Crippen molar-refractivity contribution in [2.75, 3.05) is 32.8 Å². The minimum atomic E-state index is -4.52. The number of nitrogens with zero attached hydrogens (tertiary/aromatic N) is 1. The number of hydrogen-bond donors (Lipinski definition) is 2. The molecule has 0 aliphatic carbocycles. The van der Waals surface area contributed by atoms with Gasteiger partial charge in [0.25, 0.3) is 5.91 Å². The van der Waals surface area contributed by atoms with Crippen LogP contribution < -0.4 is 15.4 Å². The maximum absolute atomic E-state index is 12.5. The van der Waals surface area contributed by atoms with Gasteiger partial charge < -0.3 is 20.1 Å². The molecule has 23 heavy (non-hydrogen) atoms. The zero-order chi connectivity index (χ0) is 16.9. The summed E-state index contributed by atoms with van der Waals surface area (Å²) in [5, 5.41) is 5.37. The normalized spacial score (nSPS) is 18.5. The van der Waals surface area contributed by atoms with E-state index >= 15 is 0 Å². The van der Waals surface area contributed by atoms with Gasteiger partial charge in [-0.15, -0.1) is 0 Å². The summed E-state index contributed by atoms with van der Waals surface area (Å²) in [6, 6.07) is 0.740. The second-order valence-corrected chi connectivity index (χ2v) is 5.12. The Morgan fingerprint density at radius 2 is 2.35 bits per heavy atom. The van der Waals surface area contributed by atoms with Crippen LogP contribution in [0.1, 0.15) is 5.56 Å². The lowest BCUT2D eigenvalue weighted by Crippen LogP contribution is -2.48. The Labute approximate surface area is 135 Å². The van der Waals surface area contributed by atoms with Crippen molar-refractivity contribution in [1.82, 2.24) is 15.6 Å². The predicted octanol–water partition coefficient (Wildman–Crippen LogP) is 1.24. The monoisotopic (exact) mass is 353 g/mol. The lowest BCUT2D eigenvalue weighted by atomic mass is 10.3. The van der Waals surface area contributed by atoms with E-state index in [1.54, 1.807) is 0 Å². The van der Waals surface area contributed by atoms with Crippen molar-refractivity contribution in [2.24, 2.45) is 0 Å². The predicted molar refractivity (Wildman–Crippen MR) is 75.4 cm³/mol. The number of carbonyl (C=O) groups is 1. The first-order chi connectivity index (χ1) is 10.9. The lowest BCUT2D eigenvalue weighted by Gasteiger charge is -2.22. The van der Waals surface area contributed by atoms with E-state index in [-0.39, 0.29) is 30.0 Å². The first-order valence-electron chi connectivity index (χ1n) is 6.83. The van der Waals surface area contributed by atoms with Crippen LogP contribution in [0.15, 0.2) is 12.3 Å². The van der Waals surface area contributed by atoms with Crippen LogP contribution in [-0.4, -0.2) is 49.8 Å². The molecule has 1 atom stereocenters. The van der Waals surface area contributed by atoms with Crippen molar-refractivity contribution in [2.45, 2.75) is 12.3 Å². The summed E-state index contributed by atoms with van der Waals surface area (Å²) < 4.78 is 47.8. The number of rotatable bonds is 5. The van der Waals surface area contributed by atoms with Crippen LogP contribution in [0.4, 0.5) is 13.2 Å². The average molecular weight is 354 g/mol. The minimum absolute atomic E-state index is 0.0178. The van der Waals surface area contributed by atoms with Gasteiger partial charge in [-0.2, -0.15) is 13.2 Å². The highest BCUT2D eigenvalue weighted by Gasteiger charge is 2.31. The molecular weight excluding hydrogens is 339 g/mol. The first-order valence-corrected chi connectivity index (χ1v) is 7.21. The second kappa shape index (κ2) is 7.80. The zero-order valence-corrected chi connectivity index (χ0v) is 12.7. The number of nitrogens with one attached hydrogen (secondary N) is 2. The Morgan fingerprint density at radius 3 is 2.96 bits per heavy atom.